The number of fused-ring (bicyclic) bond motifs is 3. The summed E-state index contributed by atoms with van der Waals surface area (Å²) in [5.41, 5.74) is 9.12. The number of rotatable bonds is 4. The number of para-hydroxylation sites is 1. The summed E-state index contributed by atoms with van der Waals surface area (Å²) in [5.74, 6) is 0. The van der Waals surface area contributed by atoms with E-state index in [2.05, 4.69) is 149 Å². The van der Waals surface area contributed by atoms with E-state index in [1.807, 2.05) is 0 Å². The molecule has 0 aromatic heterocycles. The van der Waals surface area contributed by atoms with Crippen LogP contribution in [-0.4, -0.2) is 25.7 Å². The summed E-state index contributed by atoms with van der Waals surface area (Å²) in [6.07, 6.45) is 6.35. The Morgan fingerprint density at radius 2 is 1.58 bits per heavy atom. The van der Waals surface area contributed by atoms with Crippen molar-refractivity contribution in [2.75, 3.05) is 31.0 Å². The number of anilines is 3. The van der Waals surface area contributed by atoms with Crippen LogP contribution >= 0.6 is 15.9 Å². The van der Waals surface area contributed by atoms with Crippen LogP contribution in [0.4, 0.5) is 17.1 Å². The van der Waals surface area contributed by atoms with Gasteiger partial charge in [-0.1, -0.05) is 66.7 Å². The third kappa shape index (κ3) is 3.52. The summed E-state index contributed by atoms with van der Waals surface area (Å²) in [6.45, 7) is 0. The van der Waals surface area contributed by atoms with Gasteiger partial charge in [0.15, 0.2) is 4.51 Å². The monoisotopic (exact) mass is 534 g/mol. The van der Waals surface area contributed by atoms with Gasteiger partial charge in [-0.25, -0.2) is 0 Å². The lowest BCUT2D eigenvalue weighted by Gasteiger charge is -2.43. The van der Waals surface area contributed by atoms with Crippen LogP contribution in [0.25, 0.3) is 16.3 Å². The Balaban J connectivity index is 1.78. The van der Waals surface area contributed by atoms with Crippen LogP contribution in [0.15, 0.2) is 120 Å². The molecule has 0 amide bonds. The predicted octanol–water partition coefficient (Wildman–Crippen LogP) is 8.05. The SMILES string of the molecule is COC1(Br)C=CC=C2C1=C(c1cccc3ccccc13)c1cc(N(C)C)ccc1N2c1ccccc1. The van der Waals surface area contributed by atoms with Crippen molar-refractivity contribution in [1.29, 1.82) is 0 Å². The largest absolute Gasteiger partial charge is 0.378 e. The molecular formula is C32H27BrN2O. The van der Waals surface area contributed by atoms with Crippen LogP contribution in [0.2, 0.25) is 0 Å². The molecule has 178 valence electrons. The van der Waals surface area contributed by atoms with Gasteiger partial charge in [0.2, 0.25) is 0 Å². The van der Waals surface area contributed by atoms with Crippen molar-refractivity contribution in [1.82, 2.24) is 0 Å². The molecule has 1 unspecified atom stereocenters. The van der Waals surface area contributed by atoms with Gasteiger partial charge in [-0.3, -0.25) is 0 Å². The van der Waals surface area contributed by atoms with Gasteiger partial charge in [-0.2, -0.15) is 0 Å². The van der Waals surface area contributed by atoms with Gasteiger partial charge < -0.3 is 14.5 Å². The average molecular weight is 535 g/mol. The van der Waals surface area contributed by atoms with Crippen molar-refractivity contribution in [3.63, 3.8) is 0 Å². The maximum Gasteiger partial charge on any atom is 0.169 e. The van der Waals surface area contributed by atoms with Crippen LogP contribution in [-0.2, 0) is 4.74 Å². The second-order valence-electron chi connectivity index (χ2n) is 9.30. The molecule has 1 atom stereocenters. The van der Waals surface area contributed by atoms with Crippen molar-refractivity contribution in [2.24, 2.45) is 0 Å². The summed E-state index contributed by atoms with van der Waals surface area (Å²) < 4.78 is 5.41. The van der Waals surface area contributed by atoms with Gasteiger partial charge in [0, 0.05) is 49.3 Å². The third-order valence-corrected chi connectivity index (χ3v) is 8.01. The lowest BCUT2D eigenvalue weighted by Crippen LogP contribution is -2.36. The van der Waals surface area contributed by atoms with Crippen LogP contribution in [0.3, 0.4) is 0 Å². The van der Waals surface area contributed by atoms with E-state index in [1.54, 1.807) is 7.11 Å². The Morgan fingerprint density at radius 3 is 2.36 bits per heavy atom. The molecule has 3 nitrogen and oxygen atoms in total. The van der Waals surface area contributed by atoms with Gasteiger partial charge >= 0.3 is 0 Å². The van der Waals surface area contributed by atoms with Gasteiger partial charge in [0.25, 0.3) is 0 Å². The lowest BCUT2D eigenvalue weighted by molar-refractivity contribution is 0.147. The van der Waals surface area contributed by atoms with Crippen molar-refractivity contribution in [2.45, 2.75) is 4.51 Å². The number of hydrogen-bond donors (Lipinski definition) is 0. The summed E-state index contributed by atoms with van der Waals surface area (Å²) in [4.78, 5) is 4.50. The number of halogens is 1. The summed E-state index contributed by atoms with van der Waals surface area (Å²) in [7, 11) is 5.93. The average Bonchev–Trinajstić information content (AvgIpc) is 2.92. The van der Waals surface area contributed by atoms with E-state index in [9.17, 15) is 0 Å². The Hall–Kier alpha value is -3.60. The Kier molecular flexibility index (Phi) is 5.59. The molecule has 1 heterocycles. The first kappa shape index (κ1) is 22.8. The standard InChI is InChI=1S/C32H27BrN2O/c1-34(2)24-18-19-28-27(21-24)30(26-16-9-12-22-11-7-8-15-25(22)26)31-29(17-10-20-32(31,33)36-3)35(28)23-13-5-4-6-14-23/h4-21H,1-3H3. The van der Waals surface area contributed by atoms with Crippen LogP contribution in [0.5, 0.6) is 0 Å². The first-order valence-electron chi connectivity index (χ1n) is 12.1. The van der Waals surface area contributed by atoms with E-state index >= 15 is 0 Å². The fraction of sp³-hybridized carbons (Fsp3) is 0.125. The Morgan fingerprint density at radius 1 is 0.833 bits per heavy atom. The van der Waals surface area contributed by atoms with Gasteiger partial charge in [0.05, 0.1) is 11.4 Å². The highest BCUT2D eigenvalue weighted by Gasteiger charge is 2.42. The molecule has 2 aliphatic rings. The van der Waals surface area contributed by atoms with E-state index in [0.717, 1.165) is 28.3 Å². The number of methoxy groups -OCH3 is 1. The molecule has 0 bridgehead atoms. The zero-order valence-corrected chi connectivity index (χ0v) is 22.2. The second kappa shape index (κ2) is 8.81. The molecule has 0 spiro atoms. The first-order chi connectivity index (χ1) is 17.5. The zero-order valence-electron chi connectivity index (χ0n) is 20.6. The number of allylic oxidation sites excluding steroid dienone is 2. The predicted molar refractivity (Wildman–Crippen MR) is 155 cm³/mol. The number of nitrogens with zero attached hydrogens (tertiary/aromatic N) is 2. The molecule has 4 aromatic carbocycles. The quantitative estimate of drug-likeness (QED) is 0.246. The Bertz CT molecular complexity index is 1560. The lowest BCUT2D eigenvalue weighted by atomic mass is 9.80. The molecule has 6 rings (SSSR count). The van der Waals surface area contributed by atoms with Crippen LogP contribution in [0, 0.1) is 0 Å². The molecule has 4 aromatic rings. The van der Waals surface area contributed by atoms with Crippen molar-refractivity contribution in [3.05, 3.63) is 132 Å². The van der Waals surface area contributed by atoms with Gasteiger partial charge in [-0.15, -0.1) is 0 Å². The highest BCUT2D eigenvalue weighted by Crippen LogP contribution is 2.54. The molecule has 0 fully saturated rings. The molecule has 1 aliphatic heterocycles. The molecule has 1 aliphatic carbocycles. The normalized spacial score (nSPS) is 18.7. The number of ether oxygens (including phenoxy) is 1. The smallest absolute Gasteiger partial charge is 0.169 e. The van der Waals surface area contributed by atoms with Crippen molar-refractivity contribution < 1.29 is 4.74 Å². The molecule has 4 heteroatoms. The molecule has 36 heavy (non-hydrogen) atoms. The highest BCUT2D eigenvalue weighted by atomic mass is 79.9. The van der Waals surface area contributed by atoms with E-state index < -0.39 is 4.51 Å². The van der Waals surface area contributed by atoms with Crippen LogP contribution in [0.1, 0.15) is 11.1 Å². The fourth-order valence-electron chi connectivity index (χ4n) is 5.30. The minimum absolute atomic E-state index is 0.776. The Labute approximate surface area is 220 Å². The molecule has 0 radical (unpaired) electrons. The fourth-order valence-corrected chi connectivity index (χ4v) is 5.85. The highest BCUT2D eigenvalue weighted by molar-refractivity contribution is 9.10. The second-order valence-corrected chi connectivity index (χ2v) is 10.5. The maximum atomic E-state index is 6.18. The van der Waals surface area contributed by atoms with E-state index in [4.69, 9.17) is 4.74 Å². The molecule has 0 saturated carbocycles. The molecular weight excluding hydrogens is 508 g/mol. The first-order valence-corrected chi connectivity index (χ1v) is 12.8. The molecule has 0 N–H and O–H groups in total. The third-order valence-electron chi connectivity index (χ3n) is 7.03. The molecule has 0 saturated heterocycles. The minimum Gasteiger partial charge on any atom is -0.378 e. The van der Waals surface area contributed by atoms with Crippen molar-refractivity contribution in [3.8, 4) is 0 Å². The van der Waals surface area contributed by atoms with Gasteiger partial charge in [0.1, 0.15) is 0 Å². The van der Waals surface area contributed by atoms with Gasteiger partial charge in [-0.05, 0) is 74.7 Å². The van der Waals surface area contributed by atoms with Crippen molar-refractivity contribution >= 4 is 49.3 Å². The summed E-state index contributed by atoms with van der Waals surface area (Å²) in [5, 5.41) is 2.44. The number of hydrogen-bond acceptors (Lipinski definition) is 3. The maximum absolute atomic E-state index is 6.18. The number of alkyl halides is 1. The number of benzene rings is 4. The van der Waals surface area contributed by atoms with Crippen LogP contribution < -0.4 is 9.80 Å². The van der Waals surface area contributed by atoms with E-state index in [1.165, 1.54) is 27.5 Å². The summed E-state index contributed by atoms with van der Waals surface area (Å²) >= 11 is 3.99. The minimum atomic E-state index is -0.776. The van der Waals surface area contributed by atoms with E-state index in [0.29, 0.717) is 0 Å². The van der Waals surface area contributed by atoms with E-state index in [-0.39, 0.29) is 0 Å². The summed E-state index contributed by atoms with van der Waals surface area (Å²) in [6, 6.07) is 32.4. The topological polar surface area (TPSA) is 15.7 Å². The zero-order chi connectivity index (χ0) is 24.9.